The van der Waals surface area contributed by atoms with Crippen molar-refractivity contribution in [2.24, 2.45) is 0 Å². The number of hydrogen-bond acceptors (Lipinski definition) is 5. The van der Waals surface area contributed by atoms with Crippen molar-refractivity contribution >= 4 is 29.6 Å². The van der Waals surface area contributed by atoms with E-state index in [1.165, 1.54) is 68.3 Å². The number of nitrogens with one attached hydrogen (secondary N) is 1. The number of carbonyl (C=O) groups is 3. The minimum atomic E-state index is -1.44. The number of ether oxygens (including phenoxy) is 2. The molecule has 2 aliphatic rings. The van der Waals surface area contributed by atoms with Gasteiger partial charge >= 0.3 is 12.1 Å². The van der Waals surface area contributed by atoms with Crippen LogP contribution in [0.3, 0.4) is 0 Å². The first kappa shape index (κ1) is 43.7. The molecule has 0 radical (unpaired) electrons. The van der Waals surface area contributed by atoms with E-state index in [1.54, 1.807) is 27.0 Å². The van der Waals surface area contributed by atoms with Crippen LogP contribution in [0.5, 0.6) is 0 Å². The fourth-order valence-corrected chi connectivity index (χ4v) is 9.59. The third-order valence-electron chi connectivity index (χ3n) is 12.9. The zero-order chi connectivity index (χ0) is 42.8. The predicted octanol–water partition coefficient (Wildman–Crippen LogP) is 12.3. The number of rotatable bonds is 11. The SMILES string of the molecule is C[C@H](NC(=O)OCC1c2ccccc2-c2ccccc21)C(=O)N(C)[C@@H](C)C(=O)OC(c1ccccc1)(c1ccc(C2CCCCCCCCCCC2)cc1)c1ccccc1Cl. The van der Waals surface area contributed by atoms with E-state index in [0.29, 0.717) is 16.5 Å². The number of amides is 2. The summed E-state index contributed by atoms with van der Waals surface area (Å²) in [4.78, 5) is 42.9. The molecule has 0 aromatic heterocycles. The number of halogens is 1. The van der Waals surface area contributed by atoms with Gasteiger partial charge in [-0.05, 0) is 66.5 Å². The molecule has 1 unspecified atom stereocenters. The second-order valence-electron chi connectivity index (χ2n) is 16.8. The van der Waals surface area contributed by atoms with Crippen molar-refractivity contribution in [1.29, 1.82) is 0 Å². The van der Waals surface area contributed by atoms with Crippen molar-refractivity contribution in [3.63, 3.8) is 0 Å². The molecule has 318 valence electrons. The molecule has 0 aliphatic heterocycles. The maximum absolute atomic E-state index is 14.6. The number of nitrogens with zero attached hydrogens (tertiary/aromatic N) is 1. The van der Waals surface area contributed by atoms with Crippen LogP contribution in [0.2, 0.25) is 5.02 Å². The Labute approximate surface area is 366 Å². The summed E-state index contributed by atoms with van der Waals surface area (Å²) in [6.07, 6.45) is 13.2. The minimum Gasteiger partial charge on any atom is -0.449 e. The molecule has 0 bridgehead atoms. The highest BCUT2D eigenvalue weighted by Gasteiger charge is 2.44. The summed E-state index contributed by atoms with van der Waals surface area (Å²) < 4.78 is 12.5. The number of carbonyl (C=O) groups excluding carboxylic acids is 3. The summed E-state index contributed by atoms with van der Waals surface area (Å²) in [7, 11) is 1.54. The molecule has 1 saturated carbocycles. The average molecular weight is 840 g/mol. The molecule has 0 heterocycles. The maximum atomic E-state index is 14.6. The van der Waals surface area contributed by atoms with Crippen LogP contribution in [-0.4, -0.2) is 48.6 Å². The Balaban J connectivity index is 1.09. The second kappa shape index (κ2) is 20.4. The van der Waals surface area contributed by atoms with Gasteiger partial charge in [-0.1, -0.05) is 191 Å². The number of alkyl carbamates (subject to hydrolysis) is 1. The van der Waals surface area contributed by atoms with Crippen LogP contribution in [0, 0.1) is 0 Å². The van der Waals surface area contributed by atoms with Crippen LogP contribution in [0.25, 0.3) is 11.1 Å². The molecule has 2 amide bonds. The Bertz CT molecular complexity index is 2200. The van der Waals surface area contributed by atoms with Crippen molar-refractivity contribution in [2.45, 2.75) is 114 Å². The molecule has 7 nitrogen and oxygen atoms in total. The van der Waals surface area contributed by atoms with Crippen LogP contribution in [0.15, 0.2) is 127 Å². The summed E-state index contributed by atoms with van der Waals surface area (Å²) in [5, 5.41) is 3.13. The molecule has 61 heavy (non-hydrogen) atoms. The number of esters is 1. The second-order valence-corrected chi connectivity index (χ2v) is 17.3. The van der Waals surface area contributed by atoms with Gasteiger partial charge in [0.2, 0.25) is 5.91 Å². The molecule has 5 aromatic rings. The highest BCUT2D eigenvalue weighted by atomic mass is 35.5. The van der Waals surface area contributed by atoms with Crippen LogP contribution >= 0.6 is 11.6 Å². The van der Waals surface area contributed by atoms with Gasteiger partial charge in [0, 0.05) is 34.7 Å². The highest BCUT2D eigenvalue weighted by Crippen LogP contribution is 2.46. The Hall–Kier alpha value is -5.40. The number of hydrogen-bond donors (Lipinski definition) is 1. The van der Waals surface area contributed by atoms with Gasteiger partial charge in [-0.2, -0.15) is 0 Å². The molecule has 0 spiro atoms. The quantitative estimate of drug-likeness (QED) is 0.106. The van der Waals surface area contributed by atoms with Crippen LogP contribution in [-0.2, 0) is 24.7 Å². The standard InChI is InChI=1S/C53H59ClN2O5/c1-37(55-52(59)60-36-47-45-28-18-16-26-43(45)44-27-17-19-29-46(44)47)50(57)56(3)38(2)51(58)61-53(41-24-14-11-15-25-41,48-30-20-21-31-49(48)54)42-34-32-40(33-35-42)39-22-12-9-7-5-4-6-8-10-13-23-39/h11,14-21,24-35,37-39,47H,4-10,12-13,22-23,36H2,1-3H3,(H,55,59)/t37-,38-,53?/m0/s1. The van der Waals surface area contributed by atoms with E-state index in [-0.39, 0.29) is 12.5 Å². The Morgan fingerprint density at radius 2 is 1.18 bits per heavy atom. The molecule has 0 saturated heterocycles. The zero-order valence-electron chi connectivity index (χ0n) is 35.8. The van der Waals surface area contributed by atoms with E-state index < -0.39 is 35.7 Å². The number of benzene rings is 5. The van der Waals surface area contributed by atoms with Crippen molar-refractivity contribution in [3.05, 3.63) is 166 Å². The smallest absolute Gasteiger partial charge is 0.407 e. The van der Waals surface area contributed by atoms with Crippen LogP contribution < -0.4 is 5.32 Å². The monoisotopic (exact) mass is 838 g/mol. The Kier molecular flexibility index (Phi) is 14.6. The lowest BCUT2D eigenvalue weighted by Crippen LogP contribution is -2.51. The van der Waals surface area contributed by atoms with Gasteiger partial charge in [-0.15, -0.1) is 0 Å². The van der Waals surface area contributed by atoms with Crippen molar-refractivity contribution < 1.29 is 23.9 Å². The van der Waals surface area contributed by atoms with Gasteiger partial charge in [0.05, 0.1) is 0 Å². The summed E-state index contributed by atoms with van der Waals surface area (Å²) in [5.41, 5.74) is 6.39. The molecular formula is C53H59ClN2O5. The Morgan fingerprint density at radius 1 is 0.672 bits per heavy atom. The van der Waals surface area contributed by atoms with Gasteiger partial charge in [0.1, 0.15) is 18.7 Å². The van der Waals surface area contributed by atoms with E-state index in [1.807, 2.05) is 72.8 Å². The molecule has 1 fully saturated rings. The lowest BCUT2D eigenvalue weighted by atomic mass is 9.78. The predicted molar refractivity (Wildman–Crippen MR) is 244 cm³/mol. The first-order valence-corrected chi connectivity index (χ1v) is 22.6. The molecule has 5 aromatic carbocycles. The van der Waals surface area contributed by atoms with E-state index >= 15 is 0 Å². The van der Waals surface area contributed by atoms with Gasteiger partial charge in [-0.3, -0.25) is 4.79 Å². The number of fused-ring (bicyclic) bond motifs is 3. The zero-order valence-corrected chi connectivity index (χ0v) is 36.5. The summed E-state index contributed by atoms with van der Waals surface area (Å²) in [5.74, 6) is -0.754. The van der Waals surface area contributed by atoms with Crippen molar-refractivity contribution in [2.75, 3.05) is 13.7 Å². The molecule has 2 aliphatic carbocycles. The van der Waals surface area contributed by atoms with Crippen molar-refractivity contribution in [3.8, 4) is 11.1 Å². The van der Waals surface area contributed by atoms with E-state index in [0.717, 1.165) is 46.2 Å². The fraction of sp³-hybridized carbons (Fsp3) is 0.377. The van der Waals surface area contributed by atoms with E-state index in [9.17, 15) is 14.4 Å². The van der Waals surface area contributed by atoms with Crippen molar-refractivity contribution in [1.82, 2.24) is 10.2 Å². The topological polar surface area (TPSA) is 84.9 Å². The van der Waals surface area contributed by atoms with Crippen LogP contribution in [0.1, 0.15) is 130 Å². The third kappa shape index (κ3) is 9.89. The van der Waals surface area contributed by atoms with Gasteiger partial charge < -0.3 is 19.7 Å². The van der Waals surface area contributed by atoms with E-state index in [4.69, 9.17) is 21.1 Å². The lowest BCUT2D eigenvalue weighted by Gasteiger charge is -2.38. The van der Waals surface area contributed by atoms with Gasteiger partial charge in [-0.25, -0.2) is 9.59 Å². The molecule has 1 N–H and O–H groups in total. The van der Waals surface area contributed by atoms with Gasteiger partial charge in [0.15, 0.2) is 5.60 Å². The van der Waals surface area contributed by atoms with Gasteiger partial charge in [0.25, 0.3) is 0 Å². The first-order chi connectivity index (χ1) is 29.7. The summed E-state index contributed by atoms with van der Waals surface area (Å²) in [6.45, 7) is 3.33. The van der Waals surface area contributed by atoms with Crippen LogP contribution in [0.4, 0.5) is 4.79 Å². The maximum Gasteiger partial charge on any atom is 0.407 e. The first-order valence-electron chi connectivity index (χ1n) is 22.2. The highest BCUT2D eigenvalue weighted by molar-refractivity contribution is 6.31. The third-order valence-corrected chi connectivity index (χ3v) is 13.2. The Morgan fingerprint density at radius 3 is 1.77 bits per heavy atom. The van der Waals surface area contributed by atoms with E-state index in [2.05, 4.69) is 53.8 Å². The fourth-order valence-electron chi connectivity index (χ4n) is 9.33. The molecular weight excluding hydrogens is 780 g/mol. The minimum absolute atomic E-state index is 0.116. The molecule has 8 heteroatoms. The summed E-state index contributed by atoms with van der Waals surface area (Å²) >= 11 is 7.02. The summed E-state index contributed by atoms with van der Waals surface area (Å²) in [6, 6.07) is 39.9. The largest absolute Gasteiger partial charge is 0.449 e. The molecule has 3 atom stereocenters. The normalized spacial score (nSPS) is 16.9. The number of likely N-dealkylation sites (N-methyl/N-ethyl adjacent to an activating group) is 1. The lowest BCUT2D eigenvalue weighted by molar-refractivity contribution is -0.162. The average Bonchev–Trinajstić information content (AvgIpc) is 3.61. The molecule has 7 rings (SSSR count).